The van der Waals surface area contributed by atoms with E-state index in [4.69, 9.17) is 26.8 Å². The first-order valence-electron chi connectivity index (χ1n) is 4.03. The van der Waals surface area contributed by atoms with Crippen molar-refractivity contribution in [1.29, 1.82) is 0 Å². The number of hydrogen-bond acceptors (Lipinski definition) is 3. The third kappa shape index (κ3) is 1.34. The van der Waals surface area contributed by atoms with Crippen molar-refractivity contribution in [2.45, 2.75) is 13.0 Å². The molecule has 2 N–H and O–H groups in total. The number of rotatable bonds is 1. The zero-order valence-corrected chi connectivity index (χ0v) is 7.97. The van der Waals surface area contributed by atoms with E-state index in [-0.39, 0.29) is 12.8 Å². The van der Waals surface area contributed by atoms with Gasteiger partial charge in [-0.15, -0.1) is 0 Å². The van der Waals surface area contributed by atoms with E-state index >= 15 is 0 Å². The van der Waals surface area contributed by atoms with Gasteiger partial charge in [0.05, 0.1) is 5.02 Å². The number of benzene rings is 1. The fourth-order valence-corrected chi connectivity index (χ4v) is 1.69. The molecule has 2 rings (SSSR count). The van der Waals surface area contributed by atoms with Gasteiger partial charge in [0.1, 0.15) is 0 Å². The van der Waals surface area contributed by atoms with Gasteiger partial charge in [-0.25, -0.2) is 0 Å². The highest BCUT2D eigenvalue weighted by Crippen LogP contribution is 2.42. The average molecular weight is 200 g/mol. The van der Waals surface area contributed by atoms with Crippen molar-refractivity contribution >= 4 is 11.6 Å². The van der Waals surface area contributed by atoms with Crippen LogP contribution in [0.25, 0.3) is 0 Å². The maximum Gasteiger partial charge on any atom is 0.231 e. The Hall–Kier alpha value is -0.930. The minimum Gasteiger partial charge on any atom is -0.454 e. The highest BCUT2D eigenvalue weighted by atomic mass is 35.5. The number of hydrogen-bond donors (Lipinski definition) is 1. The molecule has 1 aliphatic heterocycles. The molecular formula is C9H10ClNO2. The maximum atomic E-state index is 6.06. The van der Waals surface area contributed by atoms with Crippen LogP contribution in [0.3, 0.4) is 0 Å². The van der Waals surface area contributed by atoms with E-state index in [1.807, 2.05) is 19.1 Å². The van der Waals surface area contributed by atoms with Gasteiger partial charge >= 0.3 is 0 Å². The predicted molar refractivity (Wildman–Crippen MR) is 50.2 cm³/mol. The number of ether oxygens (including phenoxy) is 2. The molecule has 0 saturated heterocycles. The first kappa shape index (κ1) is 8.66. The summed E-state index contributed by atoms with van der Waals surface area (Å²) in [6.07, 6.45) is 0. The van der Waals surface area contributed by atoms with E-state index in [0.717, 1.165) is 5.56 Å². The molecule has 3 nitrogen and oxygen atoms in total. The molecule has 1 atom stereocenters. The van der Waals surface area contributed by atoms with Gasteiger partial charge in [-0.1, -0.05) is 17.7 Å². The van der Waals surface area contributed by atoms with Crippen LogP contribution in [0, 0.1) is 0 Å². The lowest BCUT2D eigenvalue weighted by molar-refractivity contribution is 0.174. The summed E-state index contributed by atoms with van der Waals surface area (Å²) in [4.78, 5) is 0. The number of halogens is 1. The van der Waals surface area contributed by atoms with E-state index in [0.29, 0.717) is 16.5 Å². The summed E-state index contributed by atoms with van der Waals surface area (Å²) in [5.74, 6) is 1.30. The Morgan fingerprint density at radius 1 is 1.46 bits per heavy atom. The molecular weight excluding hydrogens is 190 g/mol. The Kier molecular flexibility index (Phi) is 2.06. The van der Waals surface area contributed by atoms with Gasteiger partial charge in [-0.2, -0.15) is 0 Å². The second kappa shape index (κ2) is 3.09. The van der Waals surface area contributed by atoms with Gasteiger partial charge in [0.2, 0.25) is 6.79 Å². The van der Waals surface area contributed by atoms with Crippen molar-refractivity contribution in [2.75, 3.05) is 6.79 Å². The molecule has 13 heavy (non-hydrogen) atoms. The van der Waals surface area contributed by atoms with Crippen LogP contribution in [0.15, 0.2) is 12.1 Å². The van der Waals surface area contributed by atoms with Gasteiger partial charge in [0.25, 0.3) is 0 Å². The quantitative estimate of drug-likeness (QED) is 0.753. The lowest BCUT2D eigenvalue weighted by atomic mass is 10.1. The molecule has 0 saturated carbocycles. The summed E-state index contributed by atoms with van der Waals surface area (Å²) < 4.78 is 10.4. The lowest BCUT2D eigenvalue weighted by Gasteiger charge is -2.09. The standard InChI is InChI=1S/C9H10ClNO2/c1-5(11)6-2-3-7-9(8(6)10)13-4-12-7/h2-3,5H,4,11H2,1H3. The highest BCUT2D eigenvalue weighted by molar-refractivity contribution is 6.33. The van der Waals surface area contributed by atoms with E-state index in [2.05, 4.69) is 0 Å². The molecule has 1 aliphatic rings. The first-order valence-corrected chi connectivity index (χ1v) is 4.41. The molecule has 4 heteroatoms. The summed E-state index contributed by atoms with van der Waals surface area (Å²) in [6.45, 7) is 2.11. The topological polar surface area (TPSA) is 44.5 Å². The van der Waals surface area contributed by atoms with Gasteiger partial charge in [0, 0.05) is 6.04 Å². The van der Waals surface area contributed by atoms with Gasteiger partial charge < -0.3 is 15.2 Å². The molecule has 1 aromatic rings. The van der Waals surface area contributed by atoms with Crippen LogP contribution in [-0.4, -0.2) is 6.79 Å². The third-order valence-electron chi connectivity index (χ3n) is 2.00. The van der Waals surface area contributed by atoms with E-state index in [1.54, 1.807) is 0 Å². The fourth-order valence-electron chi connectivity index (χ4n) is 1.31. The first-order chi connectivity index (χ1) is 6.20. The van der Waals surface area contributed by atoms with Gasteiger partial charge in [-0.05, 0) is 18.6 Å². The molecule has 0 aliphatic carbocycles. The van der Waals surface area contributed by atoms with Crippen molar-refractivity contribution in [2.24, 2.45) is 5.73 Å². The Labute approximate surface area is 81.4 Å². The van der Waals surface area contributed by atoms with E-state index in [9.17, 15) is 0 Å². The SMILES string of the molecule is CC(N)c1ccc2c(c1Cl)OCO2. The van der Waals surface area contributed by atoms with Crippen LogP contribution >= 0.6 is 11.6 Å². The molecule has 0 spiro atoms. The molecule has 0 fully saturated rings. The molecule has 1 heterocycles. The van der Waals surface area contributed by atoms with Crippen molar-refractivity contribution in [1.82, 2.24) is 0 Å². The largest absolute Gasteiger partial charge is 0.454 e. The Morgan fingerprint density at radius 2 is 2.23 bits per heavy atom. The van der Waals surface area contributed by atoms with Gasteiger partial charge in [-0.3, -0.25) is 0 Å². The summed E-state index contributed by atoms with van der Waals surface area (Å²) in [5.41, 5.74) is 6.61. The fraction of sp³-hybridized carbons (Fsp3) is 0.333. The molecule has 1 aromatic carbocycles. The monoisotopic (exact) mass is 199 g/mol. The summed E-state index contributed by atoms with van der Waals surface area (Å²) in [5, 5.41) is 0.560. The minimum absolute atomic E-state index is 0.0954. The van der Waals surface area contributed by atoms with Crippen LogP contribution in [0.2, 0.25) is 5.02 Å². The Balaban J connectivity index is 2.52. The summed E-state index contributed by atoms with van der Waals surface area (Å²) in [6, 6.07) is 3.59. The average Bonchev–Trinajstić information content (AvgIpc) is 2.52. The Morgan fingerprint density at radius 3 is 2.92 bits per heavy atom. The number of fused-ring (bicyclic) bond motifs is 1. The van der Waals surface area contributed by atoms with Crippen molar-refractivity contribution in [3.63, 3.8) is 0 Å². The van der Waals surface area contributed by atoms with Crippen LogP contribution in [0.5, 0.6) is 11.5 Å². The summed E-state index contributed by atoms with van der Waals surface area (Å²) >= 11 is 6.06. The van der Waals surface area contributed by atoms with Crippen LogP contribution in [0.1, 0.15) is 18.5 Å². The van der Waals surface area contributed by atoms with E-state index in [1.165, 1.54) is 0 Å². The predicted octanol–water partition coefficient (Wildman–Crippen LogP) is 2.09. The maximum absolute atomic E-state index is 6.06. The second-order valence-electron chi connectivity index (χ2n) is 2.99. The second-order valence-corrected chi connectivity index (χ2v) is 3.37. The van der Waals surface area contributed by atoms with Crippen LogP contribution < -0.4 is 15.2 Å². The van der Waals surface area contributed by atoms with Crippen molar-refractivity contribution in [3.8, 4) is 11.5 Å². The number of nitrogens with two attached hydrogens (primary N) is 1. The zero-order chi connectivity index (χ0) is 9.42. The van der Waals surface area contributed by atoms with Gasteiger partial charge in [0.15, 0.2) is 11.5 Å². The van der Waals surface area contributed by atoms with Crippen molar-refractivity contribution < 1.29 is 9.47 Å². The Bertz CT molecular complexity index is 339. The highest BCUT2D eigenvalue weighted by Gasteiger charge is 2.20. The van der Waals surface area contributed by atoms with Crippen LogP contribution in [-0.2, 0) is 0 Å². The minimum atomic E-state index is -0.0954. The third-order valence-corrected chi connectivity index (χ3v) is 2.39. The molecule has 1 unspecified atom stereocenters. The van der Waals surface area contributed by atoms with E-state index < -0.39 is 0 Å². The molecule has 0 radical (unpaired) electrons. The molecule has 0 aromatic heterocycles. The smallest absolute Gasteiger partial charge is 0.231 e. The normalized spacial score (nSPS) is 15.9. The van der Waals surface area contributed by atoms with Crippen LogP contribution in [0.4, 0.5) is 0 Å². The summed E-state index contributed by atoms with van der Waals surface area (Å²) in [7, 11) is 0. The lowest BCUT2D eigenvalue weighted by Crippen LogP contribution is -2.05. The molecule has 0 bridgehead atoms. The molecule has 70 valence electrons. The zero-order valence-electron chi connectivity index (χ0n) is 7.21. The molecule has 0 amide bonds. The van der Waals surface area contributed by atoms with Crippen molar-refractivity contribution in [3.05, 3.63) is 22.7 Å².